The number of aromatic hydroxyl groups is 1. The third-order valence-corrected chi connectivity index (χ3v) is 3.20. The highest BCUT2D eigenvalue weighted by Crippen LogP contribution is 2.12. The van der Waals surface area contributed by atoms with Gasteiger partial charge >= 0.3 is 0 Å². The van der Waals surface area contributed by atoms with Crippen molar-refractivity contribution >= 4 is 6.08 Å². The molecule has 0 aliphatic rings. The fourth-order valence-electron chi connectivity index (χ4n) is 2.00. The van der Waals surface area contributed by atoms with Crippen LogP contribution in [0.3, 0.4) is 0 Å². The quantitative estimate of drug-likeness (QED) is 0.786. The lowest BCUT2D eigenvalue weighted by atomic mass is 10.1. The van der Waals surface area contributed by atoms with Crippen molar-refractivity contribution in [3.8, 4) is 5.75 Å². The minimum absolute atomic E-state index is 0.269. The molecular formula is C19H20O2. The normalized spacial score (nSPS) is 13.0. The topological polar surface area (TPSA) is 40.5 Å². The molecule has 0 aliphatic heterocycles. The van der Waals surface area contributed by atoms with Gasteiger partial charge in [-0.3, -0.25) is 0 Å². The number of benzene rings is 2. The van der Waals surface area contributed by atoms with E-state index >= 15 is 0 Å². The first kappa shape index (κ1) is 15.1. The Bertz CT molecular complexity index is 583. The lowest BCUT2D eigenvalue weighted by Crippen LogP contribution is -2.03. The van der Waals surface area contributed by atoms with Gasteiger partial charge in [0.2, 0.25) is 0 Å². The van der Waals surface area contributed by atoms with E-state index in [1.165, 1.54) is 0 Å². The van der Waals surface area contributed by atoms with Gasteiger partial charge in [0.25, 0.3) is 0 Å². The molecule has 0 radical (unpaired) electrons. The van der Waals surface area contributed by atoms with Crippen molar-refractivity contribution < 1.29 is 10.2 Å². The van der Waals surface area contributed by atoms with Gasteiger partial charge in [0.05, 0.1) is 6.10 Å². The van der Waals surface area contributed by atoms with Gasteiger partial charge in [-0.1, -0.05) is 66.8 Å². The molecule has 0 aliphatic carbocycles. The van der Waals surface area contributed by atoms with Crippen molar-refractivity contribution in [3.63, 3.8) is 0 Å². The third kappa shape index (κ3) is 5.67. The number of allylic oxidation sites excluding steroid dienone is 2. The molecule has 0 spiro atoms. The van der Waals surface area contributed by atoms with Gasteiger partial charge in [-0.15, -0.1) is 0 Å². The van der Waals surface area contributed by atoms with Crippen LogP contribution in [0.1, 0.15) is 17.5 Å². The number of hydrogen-bond donors (Lipinski definition) is 2. The highest BCUT2D eigenvalue weighted by atomic mass is 16.3. The standard InChI is InChI=1S/C19H20O2/c20-18(13-10-17-11-14-19(21)15-12-17)9-5-4-8-16-6-2-1-3-7-16/h1-9,11-12,14-15,18,20-21H,10,13H2/b8-4+,9-5+. The van der Waals surface area contributed by atoms with E-state index in [2.05, 4.69) is 0 Å². The van der Waals surface area contributed by atoms with E-state index in [0.29, 0.717) is 6.42 Å². The number of hydrogen-bond acceptors (Lipinski definition) is 2. The Morgan fingerprint density at radius 2 is 1.62 bits per heavy atom. The van der Waals surface area contributed by atoms with Gasteiger partial charge in [0.1, 0.15) is 5.75 Å². The summed E-state index contributed by atoms with van der Waals surface area (Å²) in [4.78, 5) is 0. The maximum Gasteiger partial charge on any atom is 0.115 e. The maximum absolute atomic E-state index is 9.89. The highest BCUT2D eigenvalue weighted by molar-refractivity contribution is 5.50. The summed E-state index contributed by atoms with van der Waals surface area (Å²) in [5.74, 6) is 0.269. The van der Waals surface area contributed by atoms with E-state index in [0.717, 1.165) is 17.5 Å². The van der Waals surface area contributed by atoms with Crippen LogP contribution >= 0.6 is 0 Å². The smallest absolute Gasteiger partial charge is 0.115 e. The van der Waals surface area contributed by atoms with Crippen molar-refractivity contribution in [1.29, 1.82) is 0 Å². The predicted octanol–water partition coefficient (Wildman–Crippen LogP) is 3.96. The Hall–Kier alpha value is -2.32. The van der Waals surface area contributed by atoms with Crippen molar-refractivity contribution in [2.24, 2.45) is 0 Å². The molecule has 2 nitrogen and oxygen atoms in total. The summed E-state index contributed by atoms with van der Waals surface area (Å²) in [6.45, 7) is 0. The first-order valence-corrected chi connectivity index (χ1v) is 7.10. The molecule has 0 heterocycles. The lowest BCUT2D eigenvalue weighted by Gasteiger charge is -2.05. The zero-order chi connectivity index (χ0) is 14.9. The molecule has 0 amide bonds. The van der Waals surface area contributed by atoms with Gasteiger partial charge in [-0.05, 0) is 36.1 Å². The van der Waals surface area contributed by atoms with E-state index in [9.17, 15) is 10.2 Å². The average Bonchev–Trinajstić information content (AvgIpc) is 2.52. The van der Waals surface area contributed by atoms with Gasteiger partial charge in [0.15, 0.2) is 0 Å². The SMILES string of the molecule is Oc1ccc(CCC(O)/C=C/C=C/c2ccccc2)cc1. The minimum Gasteiger partial charge on any atom is -0.508 e. The zero-order valence-electron chi connectivity index (χ0n) is 11.9. The number of phenols is 1. The predicted molar refractivity (Wildman–Crippen MR) is 87.1 cm³/mol. The average molecular weight is 280 g/mol. The van der Waals surface area contributed by atoms with Gasteiger partial charge in [0, 0.05) is 0 Å². The molecule has 0 saturated carbocycles. The van der Waals surface area contributed by atoms with E-state index < -0.39 is 6.10 Å². The van der Waals surface area contributed by atoms with Crippen LogP contribution in [0.5, 0.6) is 5.75 Å². The van der Waals surface area contributed by atoms with E-state index in [4.69, 9.17) is 0 Å². The Balaban J connectivity index is 1.76. The van der Waals surface area contributed by atoms with Crippen LogP contribution in [0.15, 0.2) is 72.8 Å². The summed E-state index contributed by atoms with van der Waals surface area (Å²) in [5.41, 5.74) is 2.25. The van der Waals surface area contributed by atoms with Gasteiger partial charge < -0.3 is 10.2 Å². The molecule has 2 aromatic carbocycles. The number of aryl methyl sites for hydroxylation is 1. The van der Waals surface area contributed by atoms with Crippen LogP contribution < -0.4 is 0 Å². The first-order valence-electron chi connectivity index (χ1n) is 7.10. The Labute approximate surface area is 125 Å². The third-order valence-electron chi connectivity index (χ3n) is 3.20. The molecule has 2 rings (SSSR count). The summed E-state index contributed by atoms with van der Waals surface area (Å²) >= 11 is 0. The van der Waals surface area contributed by atoms with E-state index in [1.54, 1.807) is 18.2 Å². The molecule has 2 N–H and O–H groups in total. The lowest BCUT2D eigenvalue weighted by molar-refractivity contribution is 0.213. The summed E-state index contributed by atoms with van der Waals surface area (Å²) in [5, 5.41) is 19.1. The number of rotatable bonds is 6. The van der Waals surface area contributed by atoms with Crippen LogP contribution in [0, 0.1) is 0 Å². The summed E-state index contributed by atoms with van der Waals surface area (Å²) in [7, 11) is 0. The van der Waals surface area contributed by atoms with Crippen molar-refractivity contribution in [1.82, 2.24) is 0 Å². The van der Waals surface area contributed by atoms with Gasteiger partial charge in [-0.2, -0.15) is 0 Å². The largest absolute Gasteiger partial charge is 0.508 e. The summed E-state index contributed by atoms with van der Waals surface area (Å²) < 4.78 is 0. The molecular weight excluding hydrogens is 260 g/mol. The molecule has 1 unspecified atom stereocenters. The molecule has 21 heavy (non-hydrogen) atoms. The van der Waals surface area contributed by atoms with Crippen molar-refractivity contribution in [2.75, 3.05) is 0 Å². The molecule has 2 heteroatoms. The maximum atomic E-state index is 9.89. The van der Waals surface area contributed by atoms with E-state index in [-0.39, 0.29) is 5.75 Å². The molecule has 108 valence electrons. The molecule has 0 fully saturated rings. The number of aliphatic hydroxyl groups is 1. The second kappa shape index (κ2) is 8.08. The molecule has 0 aromatic heterocycles. The van der Waals surface area contributed by atoms with Crippen LogP contribution in [-0.2, 0) is 6.42 Å². The number of phenolic OH excluding ortho intramolecular Hbond substituents is 1. The van der Waals surface area contributed by atoms with Crippen LogP contribution in [-0.4, -0.2) is 16.3 Å². The van der Waals surface area contributed by atoms with Crippen LogP contribution in [0.4, 0.5) is 0 Å². The zero-order valence-corrected chi connectivity index (χ0v) is 11.9. The highest BCUT2D eigenvalue weighted by Gasteiger charge is 2.00. The first-order chi connectivity index (χ1) is 10.2. The minimum atomic E-state index is -0.459. The Morgan fingerprint density at radius 3 is 2.33 bits per heavy atom. The fraction of sp³-hybridized carbons (Fsp3) is 0.158. The monoisotopic (exact) mass is 280 g/mol. The van der Waals surface area contributed by atoms with Crippen LogP contribution in [0.2, 0.25) is 0 Å². The Kier molecular flexibility index (Phi) is 5.80. The number of aliphatic hydroxyl groups excluding tert-OH is 1. The van der Waals surface area contributed by atoms with Crippen molar-refractivity contribution in [3.05, 3.63) is 84.0 Å². The van der Waals surface area contributed by atoms with Crippen LogP contribution in [0.25, 0.3) is 6.08 Å². The Morgan fingerprint density at radius 1 is 0.905 bits per heavy atom. The molecule has 0 bridgehead atoms. The molecule has 0 saturated heterocycles. The summed E-state index contributed by atoms with van der Waals surface area (Å²) in [6, 6.07) is 17.1. The molecule has 2 aromatic rings. The second-order valence-corrected chi connectivity index (χ2v) is 4.93. The summed E-state index contributed by atoms with van der Waals surface area (Å²) in [6.07, 6.45) is 8.59. The second-order valence-electron chi connectivity index (χ2n) is 4.93. The van der Waals surface area contributed by atoms with Gasteiger partial charge in [-0.25, -0.2) is 0 Å². The van der Waals surface area contributed by atoms with E-state index in [1.807, 2.05) is 60.7 Å². The fourth-order valence-corrected chi connectivity index (χ4v) is 2.00. The van der Waals surface area contributed by atoms with Crippen molar-refractivity contribution in [2.45, 2.75) is 18.9 Å². The molecule has 1 atom stereocenters.